The van der Waals surface area contributed by atoms with Gasteiger partial charge in [0, 0.05) is 26.2 Å². The van der Waals surface area contributed by atoms with E-state index in [2.05, 4.69) is 32.5 Å². The van der Waals surface area contributed by atoms with Crippen LogP contribution < -0.4 is 15.5 Å². The summed E-state index contributed by atoms with van der Waals surface area (Å²) in [4.78, 5) is 9.18. The molecule has 0 amide bonds. The Morgan fingerprint density at radius 1 is 1.21 bits per heavy atom. The zero-order chi connectivity index (χ0) is 16.9. The van der Waals surface area contributed by atoms with Gasteiger partial charge < -0.3 is 24.9 Å². The van der Waals surface area contributed by atoms with Crippen LogP contribution in [-0.2, 0) is 6.54 Å². The minimum Gasteiger partial charge on any atom is -0.465 e. The quantitative estimate of drug-likeness (QED) is 0.824. The summed E-state index contributed by atoms with van der Waals surface area (Å²) >= 11 is 5.31. The lowest BCUT2D eigenvalue weighted by Gasteiger charge is -2.33. The number of nitrogens with one attached hydrogen (secondary N) is 2. The molecule has 3 rings (SSSR count). The molecule has 0 bridgehead atoms. The van der Waals surface area contributed by atoms with Gasteiger partial charge in [-0.05, 0) is 50.5 Å². The number of likely N-dealkylation sites (N-methyl/N-ethyl adjacent to an activating group) is 1. The van der Waals surface area contributed by atoms with Crippen molar-refractivity contribution in [3.63, 3.8) is 0 Å². The Bertz CT molecular complexity index is 677. The molecule has 0 aromatic carbocycles. The maximum atomic E-state index is 5.50. The van der Waals surface area contributed by atoms with Crippen molar-refractivity contribution >= 4 is 28.8 Å². The maximum absolute atomic E-state index is 5.50. The van der Waals surface area contributed by atoms with Crippen molar-refractivity contribution in [3.05, 3.63) is 42.0 Å². The summed E-state index contributed by atoms with van der Waals surface area (Å²) in [6.45, 7) is 6.65. The van der Waals surface area contributed by atoms with Crippen molar-refractivity contribution in [2.24, 2.45) is 0 Å². The van der Waals surface area contributed by atoms with Crippen LogP contribution in [-0.4, -0.2) is 48.2 Å². The summed E-state index contributed by atoms with van der Waals surface area (Å²) in [5.74, 6) is 2.77. The molecule has 0 saturated carbocycles. The molecule has 0 spiro atoms. The van der Waals surface area contributed by atoms with Gasteiger partial charge in [0.25, 0.3) is 0 Å². The Kier molecular flexibility index (Phi) is 5.32. The average molecular weight is 345 g/mol. The van der Waals surface area contributed by atoms with Gasteiger partial charge in [-0.25, -0.2) is 4.98 Å². The lowest BCUT2D eigenvalue weighted by Crippen LogP contribution is -2.44. The standard InChI is InChI=1S/C17H23N5OS/c1-13-3-5-15(23-13)12-19-17(24)20-14-4-6-16(18-11-14)22-9-7-21(2)8-10-22/h3-6,11H,7-10,12H2,1-2H3,(H2,19,20,24). The number of aryl methyl sites for hydroxylation is 1. The highest BCUT2D eigenvalue weighted by Gasteiger charge is 2.15. The van der Waals surface area contributed by atoms with Crippen LogP contribution in [0, 0.1) is 6.92 Å². The zero-order valence-electron chi connectivity index (χ0n) is 14.1. The topological polar surface area (TPSA) is 56.6 Å². The first-order chi connectivity index (χ1) is 11.6. The highest BCUT2D eigenvalue weighted by molar-refractivity contribution is 7.80. The molecule has 1 aliphatic heterocycles. The van der Waals surface area contributed by atoms with Crippen LogP contribution in [0.2, 0.25) is 0 Å². The molecule has 0 radical (unpaired) electrons. The van der Waals surface area contributed by atoms with Crippen LogP contribution in [0.15, 0.2) is 34.9 Å². The van der Waals surface area contributed by atoms with E-state index in [1.165, 1.54) is 0 Å². The number of nitrogens with zero attached hydrogens (tertiary/aromatic N) is 3. The summed E-state index contributed by atoms with van der Waals surface area (Å²) in [5, 5.41) is 6.83. The maximum Gasteiger partial charge on any atom is 0.171 e. The fraction of sp³-hybridized carbons (Fsp3) is 0.412. The van der Waals surface area contributed by atoms with Crippen molar-refractivity contribution in [3.8, 4) is 0 Å². The number of aromatic nitrogens is 1. The fourth-order valence-electron chi connectivity index (χ4n) is 2.61. The molecule has 0 atom stereocenters. The zero-order valence-corrected chi connectivity index (χ0v) is 14.9. The first kappa shape index (κ1) is 16.7. The minimum absolute atomic E-state index is 0.554. The smallest absolute Gasteiger partial charge is 0.171 e. The van der Waals surface area contributed by atoms with E-state index in [4.69, 9.17) is 16.6 Å². The largest absolute Gasteiger partial charge is 0.465 e. The molecular formula is C17H23N5OS. The number of furan rings is 1. The molecule has 1 aliphatic rings. The predicted octanol–water partition coefficient (Wildman–Crippen LogP) is 2.22. The van der Waals surface area contributed by atoms with Crippen molar-refractivity contribution in [1.29, 1.82) is 0 Å². The third-order valence-corrected chi connectivity index (χ3v) is 4.30. The van der Waals surface area contributed by atoms with Gasteiger partial charge in [0.15, 0.2) is 5.11 Å². The van der Waals surface area contributed by atoms with Crippen molar-refractivity contribution in [1.82, 2.24) is 15.2 Å². The fourth-order valence-corrected chi connectivity index (χ4v) is 2.80. The van der Waals surface area contributed by atoms with Crippen molar-refractivity contribution in [2.45, 2.75) is 13.5 Å². The Morgan fingerprint density at radius 3 is 2.62 bits per heavy atom. The molecule has 7 heteroatoms. The van der Waals surface area contributed by atoms with Crippen LogP contribution in [0.3, 0.4) is 0 Å². The number of thiocarbonyl (C=S) groups is 1. The first-order valence-electron chi connectivity index (χ1n) is 8.10. The van der Waals surface area contributed by atoms with Crippen LogP contribution in [0.5, 0.6) is 0 Å². The SMILES string of the molecule is Cc1ccc(CNC(=S)Nc2ccc(N3CCN(C)CC3)nc2)o1. The minimum atomic E-state index is 0.554. The van der Waals surface area contributed by atoms with Gasteiger partial charge in [-0.2, -0.15) is 0 Å². The molecule has 1 fully saturated rings. The van der Waals surface area contributed by atoms with Gasteiger partial charge in [-0.1, -0.05) is 0 Å². The van der Waals surface area contributed by atoms with Crippen LogP contribution in [0.4, 0.5) is 11.5 Å². The second-order valence-corrected chi connectivity index (χ2v) is 6.42. The number of pyridine rings is 1. The first-order valence-corrected chi connectivity index (χ1v) is 8.51. The molecule has 24 heavy (non-hydrogen) atoms. The Balaban J connectivity index is 1.49. The van der Waals surface area contributed by atoms with E-state index in [0.29, 0.717) is 11.7 Å². The summed E-state index contributed by atoms with van der Waals surface area (Å²) in [6, 6.07) is 7.92. The molecule has 2 N–H and O–H groups in total. The number of rotatable bonds is 4. The molecular weight excluding hydrogens is 322 g/mol. The van der Waals surface area contributed by atoms with E-state index in [-0.39, 0.29) is 0 Å². The van der Waals surface area contributed by atoms with Gasteiger partial charge in [0.05, 0.1) is 18.4 Å². The number of anilines is 2. The molecule has 2 aromatic heterocycles. The molecule has 2 aromatic rings. The third-order valence-electron chi connectivity index (χ3n) is 4.05. The number of hydrogen-bond acceptors (Lipinski definition) is 5. The van der Waals surface area contributed by atoms with Gasteiger partial charge in [0.2, 0.25) is 0 Å². The molecule has 128 valence electrons. The normalized spacial score (nSPS) is 15.3. The van der Waals surface area contributed by atoms with E-state index < -0.39 is 0 Å². The number of hydrogen-bond donors (Lipinski definition) is 2. The molecule has 3 heterocycles. The van der Waals surface area contributed by atoms with Crippen molar-refractivity contribution < 1.29 is 4.42 Å². The molecule has 6 nitrogen and oxygen atoms in total. The van der Waals surface area contributed by atoms with Crippen LogP contribution >= 0.6 is 12.2 Å². The van der Waals surface area contributed by atoms with E-state index in [1.54, 1.807) is 0 Å². The summed E-state index contributed by atoms with van der Waals surface area (Å²) < 4.78 is 5.50. The molecule has 1 saturated heterocycles. The highest BCUT2D eigenvalue weighted by Crippen LogP contribution is 2.15. The monoisotopic (exact) mass is 345 g/mol. The Labute approximate surface area is 147 Å². The van der Waals surface area contributed by atoms with E-state index >= 15 is 0 Å². The van der Waals surface area contributed by atoms with Gasteiger partial charge in [0.1, 0.15) is 17.3 Å². The van der Waals surface area contributed by atoms with Crippen LogP contribution in [0.1, 0.15) is 11.5 Å². The van der Waals surface area contributed by atoms with E-state index in [9.17, 15) is 0 Å². The number of piperazine rings is 1. The summed E-state index contributed by atoms with van der Waals surface area (Å²) in [7, 11) is 2.15. The summed E-state index contributed by atoms with van der Waals surface area (Å²) in [6.07, 6.45) is 1.82. The lowest BCUT2D eigenvalue weighted by molar-refractivity contribution is 0.312. The van der Waals surface area contributed by atoms with Gasteiger partial charge in [-0.15, -0.1) is 0 Å². The van der Waals surface area contributed by atoms with E-state index in [0.717, 1.165) is 49.2 Å². The third kappa shape index (κ3) is 4.46. The molecule has 0 unspecified atom stereocenters. The average Bonchev–Trinajstić information content (AvgIpc) is 3.00. The Morgan fingerprint density at radius 2 is 2.00 bits per heavy atom. The lowest BCUT2D eigenvalue weighted by atomic mass is 10.3. The highest BCUT2D eigenvalue weighted by atomic mass is 32.1. The predicted molar refractivity (Wildman–Crippen MR) is 100 cm³/mol. The van der Waals surface area contributed by atoms with E-state index in [1.807, 2.05) is 37.4 Å². The summed E-state index contributed by atoms with van der Waals surface area (Å²) in [5.41, 5.74) is 0.876. The van der Waals surface area contributed by atoms with Gasteiger partial charge >= 0.3 is 0 Å². The Hall–Kier alpha value is -2.12. The second-order valence-electron chi connectivity index (χ2n) is 6.02. The molecule has 0 aliphatic carbocycles. The van der Waals surface area contributed by atoms with Gasteiger partial charge in [-0.3, -0.25) is 0 Å². The van der Waals surface area contributed by atoms with Crippen LogP contribution in [0.25, 0.3) is 0 Å². The second kappa shape index (κ2) is 7.63. The van der Waals surface area contributed by atoms with Crippen molar-refractivity contribution in [2.75, 3.05) is 43.4 Å².